The Balaban J connectivity index is 3.19. The first kappa shape index (κ1) is 15.0. The van der Waals surface area contributed by atoms with Gasteiger partial charge in [-0.2, -0.15) is 8.42 Å². The van der Waals surface area contributed by atoms with E-state index in [4.69, 9.17) is 9.47 Å². The second-order valence-electron chi connectivity index (χ2n) is 3.58. The number of sulfonamides is 1. The van der Waals surface area contributed by atoms with Crippen LogP contribution in [0.4, 0.5) is 5.69 Å². The van der Waals surface area contributed by atoms with E-state index < -0.39 is 20.8 Å². The van der Waals surface area contributed by atoms with E-state index in [-0.39, 0.29) is 11.4 Å². The molecule has 0 spiro atoms. The van der Waals surface area contributed by atoms with E-state index in [1.165, 1.54) is 39.5 Å². The molecule has 0 heterocycles. The largest absolute Gasteiger partial charge is 0.497 e. The van der Waals surface area contributed by atoms with E-state index in [1.54, 1.807) is 0 Å². The predicted octanol–water partition coefficient (Wildman–Crippen LogP) is 0.704. The summed E-state index contributed by atoms with van der Waals surface area (Å²) in [6, 6.07) is 4.48. The molecule has 1 rings (SSSR count). The van der Waals surface area contributed by atoms with Gasteiger partial charge in [-0.15, -0.1) is 0 Å². The number of anilines is 1. The number of methoxy groups -OCH3 is 2. The summed E-state index contributed by atoms with van der Waals surface area (Å²) in [4.78, 5) is 9.45. The summed E-state index contributed by atoms with van der Waals surface area (Å²) in [5.74, 6) is -0.451. The molecule has 0 aromatic heterocycles. The molecule has 0 N–H and O–H groups in total. The standard InChI is InChI=1S/C10H14N2O6S/c1-11(19(15,16)7-12(13)14)9-5-4-8(17-2)6-10(9)18-3/h4-6H,7H2,1-3H3. The van der Waals surface area contributed by atoms with Crippen LogP contribution in [0.3, 0.4) is 0 Å². The fourth-order valence-corrected chi connectivity index (χ4v) is 2.30. The lowest BCUT2D eigenvalue weighted by molar-refractivity contribution is -0.458. The van der Waals surface area contributed by atoms with Gasteiger partial charge in [0, 0.05) is 18.0 Å². The van der Waals surface area contributed by atoms with Crippen molar-refractivity contribution in [1.82, 2.24) is 0 Å². The molecule has 0 radical (unpaired) electrons. The molecule has 8 nitrogen and oxygen atoms in total. The average Bonchev–Trinajstić information content (AvgIpc) is 2.35. The minimum Gasteiger partial charge on any atom is -0.497 e. The topological polar surface area (TPSA) is 99.0 Å². The van der Waals surface area contributed by atoms with Gasteiger partial charge < -0.3 is 9.47 Å². The van der Waals surface area contributed by atoms with Crippen molar-refractivity contribution in [2.75, 3.05) is 31.4 Å². The monoisotopic (exact) mass is 290 g/mol. The molecular formula is C10H14N2O6S. The summed E-state index contributed by atoms with van der Waals surface area (Å²) in [5, 5.41) is 10.4. The van der Waals surface area contributed by atoms with Gasteiger partial charge in [0.1, 0.15) is 11.5 Å². The van der Waals surface area contributed by atoms with Crippen LogP contribution < -0.4 is 13.8 Å². The van der Waals surface area contributed by atoms with Gasteiger partial charge in [0.15, 0.2) is 0 Å². The van der Waals surface area contributed by atoms with Crippen molar-refractivity contribution >= 4 is 15.7 Å². The fourth-order valence-electron chi connectivity index (χ4n) is 1.41. The first-order chi connectivity index (χ1) is 8.81. The van der Waals surface area contributed by atoms with Gasteiger partial charge in [0.2, 0.25) is 0 Å². The molecule has 0 aliphatic carbocycles. The zero-order valence-corrected chi connectivity index (χ0v) is 11.5. The maximum absolute atomic E-state index is 11.8. The number of ether oxygens (including phenoxy) is 2. The number of nitrogens with zero attached hydrogens (tertiary/aromatic N) is 2. The van der Waals surface area contributed by atoms with E-state index in [2.05, 4.69) is 0 Å². The molecule has 0 saturated heterocycles. The van der Waals surface area contributed by atoms with Crippen molar-refractivity contribution in [2.45, 2.75) is 0 Å². The SMILES string of the molecule is COc1ccc(N(C)S(=O)(=O)C[N+](=O)[O-])c(OC)c1. The number of hydrogen-bond donors (Lipinski definition) is 0. The summed E-state index contributed by atoms with van der Waals surface area (Å²) < 4.78 is 34.4. The third-order valence-electron chi connectivity index (χ3n) is 2.41. The average molecular weight is 290 g/mol. The molecule has 1 aromatic rings. The van der Waals surface area contributed by atoms with Gasteiger partial charge >= 0.3 is 15.9 Å². The molecule has 0 unspecified atom stereocenters. The molecule has 106 valence electrons. The number of benzene rings is 1. The number of rotatable bonds is 6. The van der Waals surface area contributed by atoms with Crippen molar-refractivity contribution in [3.8, 4) is 11.5 Å². The predicted molar refractivity (Wildman–Crippen MR) is 68.7 cm³/mol. The van der Waals surface area contributed by atoms with Gasteiger partial charge in [-0.1, -0.05) is 0 Å². The van der Waals surface area contributed by atoms with Crippen LogP contribution in [-0.2, 0) is 10.0 Å². The molecule has 0 bridgehead atoms. The molecule has 9 heteroatoms. The highest BCUT2D eigenvalue weighted by atomic mass is 32.2. The zero-order valence-electron chi connectivity index (χ0n) is 10.7. The summed E-state index contributed by atoms with van der Waals surface area (Å²) in [7, 11) is 0.00130. The lowest BCUT2D eigenvalue weighted by Crippen LogP contribution is -2.32. The Morgan fingerprint density at radius 2 is 1.95 bits per heavy atom. The zero-order chi connectivity index (χ0) is 14.6. The highest BCUT2D eigenvalue weighted by molar-refractivity contribution is 7.92. The first-order valence-electron chi connectivity index (χ1n) is 5.12. The fraction of sp³-hybridized carbons (Fsp3) is 0.400. The van der Waals surface area contributed by atoms with E-state index >= 15 is 0 Å². The summed E-state index contributed by atoms with van der Waals surface area (Å²) >= 11 is 0. The Labute approximate surface area is 110 Å². The van der Waals surface area contributed by atoms with Crippen molar-refractivity contribution in [2.24, 2.45) is 0 Å². The van der Waals surface area contributed by atoms with Crippen molar-refractivity contribution in [1.29, 1.82) is 0 Å². The minimum atomic E-state index is -4.05. The lowest BCUT2D eigenvalue weighted by Gasteiger charge is -2.20. The number of nitro groups is 1. The van der Waals surface area contributed by atoms with Crippen molar-refractivity contribution in [3.63, 3.8) is 0 Å². The van der Waals surface area contributed by atoms with Gasteiger partial charge in [0.05, 0.1) is 19.9 Å². The third kappa shape index (κ3) is 3.47. The van der Waals surface area contributed by atoms with Crippen LogP contribution in [0.25, 0.3) is 0 Å². The second-order valence-corrected chi connectivity index (χ2v) is 5.55. The summed E-state index contributed by atoms with van der Waals surface area (Å²) in [5.41, 5.74) is 0.199. The van der Waals surface area contributed by atoms with E-state index in [0.717, 1.165) is 4.31 Å². The van der Waals surface area contributed by atoms with Crippen molar-refractivity contribution in [3.05, 3.63) is 28.3 Å². The van der Waals surface area contributed by atoms with Gasteiger partial charge in [-0.3, -0.25) is 14.4 Å². The summed E-state index contributed by atoms with van der Waals surface area (Å²) in [6.07, 6.45) is 0. The van der Waals surface area contributed by atoms with Crippen LogP contribution in [0, 0.1) is 10.1 Å². The molecule has 1 aromatic carbocycles. The maximum atomic E-state index is 11.8. The van der Waals surface area contributed by atoms with Gasteiger partial charge in [-0.25, -0.2) is 0 Å². The molecule has 0 amide bonds. The van der Waals surface area contributed by atoms with E-state index in [0.29, 0.717) is 5.75 Å². The lowest BCUT2D eigenvalue weighted by atomic mass is 10.3. The Kier molecular flexibility index (Phi) is 4.54. The van der Waals surface area contributed by atoms with E-state index in [9.17, 15) is 18.5 Å². The van der Waals surface area contributed by atoms with E-state index in [1.807, 2.05) is 0 Å². The Bertz CT molecular complexity index is 571. The molecule has 19 heavy (non-hydrogen) atoms. The quantitative estimate of drug-likeness (QED) is 0.565. The molecule has 0 aliphatic rings. The Morgan fingerprint density at radius 1 is 1.32 bits per heavy atom. The molecular weight excluding hydrogens is 276 g/mol. The van der Waals surface area contributed by atoms with Crippen LogP contribution in [-0.4, -0.2) is 40.5 Å². The van der Waals surface area contributed by atoms with Crippen molar-refractivity contribution < 1.29 is 22.8 Å². The molecule has 0 fully saturated rings. The van der Waals surface area contributed by atoms with Gasteiger partial charge in [-0.05, 0) is 12.1 Å². The Morgan fingerprint density at radius 3 is 2.42 bits per heavy atom. The molecule has 0 atom stereocenters. The van der Waals surface area contributed by atoms with Crippen LogP contribution in [0.15, 0.2) is 18.2 Å². The normalized spacial score (nSPS) is 10.9. The van der Waals surface area contributed by atoms with Crippen LogP contribution >= 0.6 is 0 Å². The smallest absolute Gasteiger partial charge is 0.320 e. The van der Waals surface area contributed by atoms with Crippen LogP contribution in [0.5, 0.6) is 11.5 Å². The number of hydrogen-bond acceptors (Lipinski definition) is 6. The summed E-state index contributed by atoms with van der Waals surface area (Å²) in [6.45, 7) is 0. The Hall–Kier alpha value is -2.03. The highest BCUT2D eigenvalue weighted by Gasteiger charge is 2.26. The van der Waals surface area contributed by atoms with Gasteiger partial charge in [0.25, 0.3) is 0 Å². The van der Waals surface area contributed by atoms with Crippen LogP contribution in [0.2, 0.25) is 0 Å². The second kappa shape index (κ2) is 5.74. The maximum Gasteiger partial charge on any atom is 0.320 e. The molecule has 0 saturated carbocycles. The van der Waals surface area contributed by atoms with Crippen LogP contribution in [0.1, 0.15) is 0 Å². The minimum absolute atomic E-state index is 0.199. The first-order valence-corrected chi connectivity index (χ1v) is 6.73. The third-order valence-corrected chi connectivity index (χ3v) is 3.98. The molecule has 0 aliphatic heterocycles. The highest BCUT2D eigenvalue weighted by Crippen LogP contribution is 2.32.